The Morgan fingerprint density at radius 1 is 1.19 bits per heavy atom. The molecule has 0 saturated carbocycles. The van der Waals surface area contributed by atoms with E-state index in [0.29, 0.717) is 0 Å². The van der Waals surface area contributed by atoms with E-state index in [1.54, 1.807) is 13.8 Å². The summed E-state index contributed by atoms with van der Waals surface area (Å²) >= 11 is 0. The van der Waals surface area contributed by atoms with E-state index in [4.69, 9.17) is 4.74 Å². The Kier molecular flexibility index (Phi) is 5.57. The zero-order valence-corrected chi connectivity index (χ0v) is 11.4. The Morgan fingerprint density at radius 2 is 1.76 bits per heavy atom. The van der Waals surface area contributed by atoms with E-state index < -0.39 is 30.6 Å². The second kappa shape index (κ2) is 6.96. The standard InChI is InChI=1S/C13H14F3NO4/c1-8(2)12(19)20-7-11(18)17-9-3-5-10(6-4-9)21-13(14,15)16/h3-6,8H,7H2,1-2H3,(H,17,18). The minimum atomic E-state index is -4.77. The van der Waals surface area contributed by atoms with Gasteiger partial charge in [0.15, 0.2) is 6.61 Å². The van der Waals surface area contributed by atoms with Crippen molar-refractivity contribution >= 4 is 17.6 Å². The van der Waals surface area contributed by atoms with Gasteiger partial charge in [0.25, 0.3) is 5.91 Å². The van der Waals surface area contributed by atoms with Crippen molar-refractivity contribution in [2.45, 2.75) is 20.2 Å². The van der Waals surface area contributed by atoms with Crippen molar-refractivity contribution in [1.82, 2.24) is 0 Å². The molecular formula is C13H14F3NO4. The van der Waals surface area contributed by atoms with E-state index in [2.05, 4.69) is 10.1 Å². The molecule has 0 atom stereocenters. The molecule has 0 bridgehead atoms. The van der Waals surface area contributed by atoms with Crippen LogP contribution in [-0.4, -0.2) is 24.8 Å². The van der Waals surface area contributed by atoms with Gasteiger partial charge in [0.1, 0.15) is 5.75 Å². The first-order valence-corrected chi connectivity index (χ1v) is 5.99. The third kappa shape index (κ3) is 6.64. The quantitative estimate of drug-likeness (QED) is 0.850. The molecule has 0 heterocycles. The summed E-state index contributed by atoms with van der Waals surface area (Å²) < 4.78 is 44.2. The van der Waals surface area contributed by atoms with Gasteiger partial charge in [-0.2, -0.15) is 0 Å². The van der Waals surface area contributed by atoms with Gasteiger partial charge in [0.2, 0.25) is 0 Å². The van der Waals surface area contributed by atoms with Crippen LogP contribution in [0.4, 0.5) is 18.9 Å². The van der Waals surface area contributed by atoms with Crippen LogP contribution in [0.25, 0.3) is 0 Å². The van der Waals surface area contributed by atoms with Crippen LogP contribution in [0, 0.1) is 5.92 Å². The van der Waals surface area contributed by atoms with E-state index in [-0.39, 0.29) is 11.6 Å². The number of ether oxygens (including phenoxy) is 2. The number of hydrogen-bond acceptors (Lipinski definition) is 4. The summed E-state index contributed by atoms with van der Waals surface area (Å²) in [4.78, 5) is 22.6. The van der Waals surface area contributed by atoms with Crippen LogP contribution >= 0.6 is 0 Å². The number of nitrogens with one attached hydrogen (secondary N) is 1. The van der Waals surface area contributed by atoms with Gasteiger partial charge in [-0.25, -0.2) is 0 Å². The SMILES string of the molecule is CC(C)C(=O)OCC(=O)Nc1ccc(OC(F)(F)F)cc1. The number of hydrogen-bond donors (Lipinski definition) is 1. The summed E-state index contributed by atoms with van der Waals surface area (Å²) in [6.45, 7) is 2.79. The van der Waals surface area contributed by atoms with Crippen LogP contribution in [0.15, 0.2) is 24.3 Å². The highest BCUT2D eigenvalue weighted by molar-refractivity contribution is 5.92. The number of anilines is 1. The molecule has 0 aliphatic carbocycles. The number of rotatable bonds is 5. The number of alkyl halides is 3. The average molecular weight is 305 g/mol. The van der Waals surface area contributed by atoms with Gasteiger partial charge in [0.05, 0.1) is 5.92 Å². The van der Waals surface area contributed by atoms with E-state index in [9.17, 15) is 22.8 Å². The molecule has 0 aromatic heterocycles. The third-order valence-electron chi connectivity index (χ3n) is 2.19. The minimum Gasteiger partial charge on any atom is -0.455 e. The van der Waals surface area contributed by atoms with E-state index in [1.165, 1.54) is 12.1 Å². The summed E-state index contributed by atoms with van der Waals surface area (Å²) in [6.07, 6.45) is -4.77. The van der Waals surface area contributed by atoms with Crippen LogP contribution in [0.3, 0.4) is 0 Å². The summed E-state index contributed by atoms with van der Waals surface area (Å²) in [5, 5.41) is 2.37. The van der Waals surface area contributed by atoms with Crippen LogP contribution in [0.2, 0.25) is 0 Å². The van der Waals surface area contributed by atoms with Gasteiger partial charge in [0, 0.05) is 5.69 Å². The molecule has 0 unspecified atom stereocenters. The molecule has 1 amide bonds. The van der Waals surface area contributed by atoms with E-state index >= 15 is 0 Å². The lowest BCUT2D eigenvalue weighted by atomic mass is 10.2. The normalized spacial score (nSPS) is 11.1. The minimum absolute atomic E-state index is 0.259. The Bertz CT molecular complexity index is 497. The summed E-state index contributed by atoms with van der Waals surface area (Å²) in [7, 11) is 0. The van der Waals surface area contributed by atoms with Crippen molar-refractivity contribution in [1.29, 1.82) is 0 Å². The fraction of sp³-hybridized carbons (Fsp3) is 0.385. The fourth-order valence-electron chi connectivity index (χ4n) is 1.24. The molecule has 0 spiro atoms. The number of halogens is 3. The van der Waals surface area contributed by atoms with E-state index in [1.807, 2.05) is 0 Å². The topological polar surface area (TPSA) is 64.6 Å². The lowest BCUT2D eigenvalue weighted by Crippen LogP contribution is -2.22. The van der Waals surface area contributed by atoms with Crippen LogP contribution < -0.4 is 10.1 Å². The Balaban J connectivity index is 2.48. The Morgan fingerprint density at radius 3 is 2.24 bits per heavy atom. The van der Waals surface area contributed by atoms with Crippen molar-refractivity contribution in [2.75, 3.05) is 11.9 Å². The average Bonchev–Trinajstić information content (AvgIpc) is 2.36. The smallest absolute Gasteiger partial charge is 0.455 e. The van der Waals surface area contributed by atoms with Crippen LogP contribution in [0.1, 0.15) is 13.8 Å². The molecule has 0 saturated heterocycles. The van der Waals surface area contributed by atoms with Crippen molar-refractivity contribution in [3.63, 3.8) is 0 Å². The number of amides is 1. The molecule has 21 heavy (non-hydrogen) atoms. The zero-order chi connectivity index (χ0) is 16.0. The molecule has 116 valence electrons. The van der Waals surface area contributed by atoms with Gasteiger partial charge in [-0.15, -0.1) is 13.2 Å². The molecule has 0 radical (unpaired) electrons. The second-order valence-electron chi connectivity index (χ2n) is 4.38. The molecule has 1 rings (SSSR count). The monoisotopic (exact) mass is 305 g/mol. The number of carbonyl (C=O) groups excluding carboxylic acids is 2. The number of carbonyl (C=O) groups is 2. The fourth-order valence-corrected chi connectivity index (χ4v) is 1.24. The summed E-state index contributed by atoms with van der Waals surface area (Å²) in [5.74, 6) is -1.85. The zero-order valence-electron chi connectivity index (χ0n) is 11.4. The van der Waals surface area contributed by atoms with Crippen LogP contribution in [0.5, 0.6) is 5.75 Å². The van der Waals surface area contributed by atoms with Crippen molar-refractivity contribution in [3.8, 4) is 5.75 Å². The van der Waals surface area contributed by atoms with Crippen LogP contribution in [-0.2, 0) is 14.3 Å². The van der Waals surface area contributed by atoms with E-state index in [0.717, 1.165) is 12.1 Å². The highest BCUT2D eigenvalue weighted by Crippen LogP contribution is 2.23. The molecule has 1 aromatic rings. The van der Waals surface area contributed by atoms with Gasteiger partial charge in [-0.1, -0.05) is 13.8 Å². The lowest BCUT2D eigenvalue weighted by molar-refractivity contribution is -0.274. The first-order valence-electron chi connectivity index (χ1n) is 5.99. The van der Waals surface area contributed by atoms with Crippen molar-refractivity contribution < 1.29 is 32.2 Å². The van der Waals surface area contributed by atoms with Gasteiger partial charge in [-0.3, -0.25) is 9.59 Å². The van der Waals surface area contributed by atoms with Crippen molar-refractivity contribution in [3.05, 3.63) is 24.3 Å². The molecular weight excluding hydrogens is 291 g/mol. The third-order valence-corrected chi connectivity index (χ3v) is 2.19. The lowest BCUT2D eigenvalue weighted by Gasteiger charge is -2.10. The summed E-state index contributed by atoms with van der Waals surface area (Å²) in [6, 6.07) is 4.60. The maximum atomic E-state index is 12.0. The number of esters is 1. The molecule has 0 aliphatic rings. The molecule has 1 N–H and O–H groups in total. The Hall–Kier alpha value is -2.25. The second-order valence-corrected chi connectivity index (χ2v) is 4.38. The largest absolute Gasteiger partial charge is 0.573 e. The van der Waals surface area contributed by atoms with Gasteiger partial charge >= 0.3 is 12.3 Å². The first kappa shape index (κ1) is 16.8. The maximum absolute atomic E-state index is 12.0. The van der Waals surface area contributed by atoms with Crippen molar-refractivity contribution in [2.24, 2.45) is 5.92 Å². The van der Waals surface area contributed by atoms with Gasteiger partial charge < -0.3 is 14.8 Å². The predicted octanol–water partition coefficient (Wildman–Crippen LogP) is 2.72. The maximum Gasteiger partial charge on any atom is 0.573 e. The molecule has 5 nitrogen and oxygen atoms in total. The highest BCUT2D eigenvalue weighted by atomic mass is 19.4. The molecule has 0 fully saturated rings. The first-order chi connectivity index (χ1) is 9.67. The summed E-state index contributed by atoms with van der Waals surface area (Å²) in [5.41, 5.74) is 0.259. The Labute approximate surface area is 119 Å². The number of benzene rings is 1. The molecule has 8 heteroatoms. The predicted molar refractivity (Wildman–Crippen MR) is 67.6 cm³/mol. The molecule has 1 aromatic carbocycles. The van der Waals surface area contributed by atoms with Gasteiger partial charge in [-0.05, 0) is 24.3 Å². The molecule has 0 aliphatic heterocycles. The highest BCUT2D eigenvalue weighted by Gasteiger charge is 2.30.